The Labute approximate surface area is 87.2 Å². The maximum atomic E-state index is 9.67. The van der Waals surface area contributed by atoms with Crippen LogP contribution < -0.4 is 0 Å². The summed E-state index contributed by atoms with van der Waals surface area (Å²) in [5.41, 5.74) is 1.96. The Morgan fingerprint density at radius 1 is 1.50 bits per heavy atom. The molecule has 3 heteroatoms. The number of rotatable bonds is 2. The predicted molar refractivity (Wildman–Crippen MR) is 59.6 cm³/mol. The lowest BCUT2D eigenvalue weighted by Crippen LogP contribution is -1.94. The number of fused-ring (bicyclic) bond motifs is 1. The summed E-state index contributed by atoms with van der Waals surface area (Å²) < 4.78 is 1.19. The van der Waals surface area contributed by atoms with Crippen molar-refractivity contribution in [1.82, 2.24) is 4.98 Å². The van der Waals surface area contributed by atoms with Gasteiger partial charge in [0.25, 0.3) is 0 Å². The Balaban J connectivity index is 2.50. The van der Waals surface area contributed by atoms with Crippen LogP contribution in [-0.4, -0.2) is 10.1 Å². The molecule has 0 saturated carbocycles. The molecule has 1 aromatic carbocycles. The van der Waals surface area contributed by atoms with Crippen LogP contribution in [0.3, 0.4) is 0 Å². The van der Waals surface area contributed by atoms with Crippen LogP contribution in [0.1, 0.15) is 30.0 Å². The van der Waals surface area contributed by atoms with Crippen molar-refractivity contribution in [3.63, 3.8) is 0 Å². The molecular weight excluding hydrogens is 194 g/mol. The zero-order valence-corrected chi connectivity index (χ0v) is 9.14. The van der Waals surface area contributed by atoms with Crippen molar-refractivity contribution in [1.29, 1.82) is 0 Å². The van der Waals surface area contributed by atoms with Crippen LogP contribution in [0.2, 0.25) is 0 Å². The van der Waals surface area contributed by atoms with E-state index in [0.717, 1.165) is 22.5 Å². The van der Waals surface area contributed by atoms with Gasteiger partial charge >= 0.3 is 0 Å². The van der Waals surface area contributed by atoms with Gasteiger partial charge in [0, 0.05) is 0 Å². The quantitative estimate of drug-likeness (QED) is 0.821. The van der Waals surface area contributed by atoms with E-state index in [1.807, 2.05) is 32.0 Å². The highest BCUT2D eigenvalue weighted by Gasteiger charge is 2.07. The summed E-state index contributed by atoms with van der Waals surface area (Å²) in [6.07, 6.45) is 0.385. The first kappa shape index (κ1) is 9.62. The number of aromatic nitrogens is 1. The maximum absolute atomic E-state index is 9.67. The van der Waals surface area contributed by atoms with Gasteiger partial charge in [0.05, 0.1) is 21.3 Å². The van der Waals surface area contributed by atoms with Crippen LogP contribution in [0.25, 0.3) is 10.2 Å². The fourth-order valence-corrected chi connectivity index (χ4v) is 2.31. The third-order valence-corrected chi connectivity index (χ3v) is 3.24. The Hall–Kier alpha value is -0.930. The van der Waals surface area contributed by atoms with E-state index in [0.29, 0.717) is 0 Å². The van der Waals surface area contributed by atoms with Crippen LogP contribution >= 0.6 is 11.3 Å². The average Bonchev–Trinajstić information content (AvgIpc) is 2.55. The molecule has 0 aliphatic heterocycles. The van der Waals surface area contributed by atoms with Gasteiger partial charge in [0.15, 0.2) is 0 Å². The molecule has 0 amide bonds. The zero-order valence-electron chi connectivity index (χ0n) is 8.32. The molecule has 1 heterocycles. The normalized spacial score (nSPS) is 13.4. The molecule has 2 aromatic rings. The maximum Gasteiger partial charge on any atom is 0.0907 e. The molecule has 1 N–H and O–H groups in total. The molecule has 14 heavy (non-hydrogen) atoms. The summed E-state index contributed by atoms with van der Waals surface area (Å²) in [5, 5.41) is 10.7. The Morgan fingerprint density at radius 2 is 2.29 bits per heavy atom. The van der Waals surface area contributed by atoms with Gasteiger partial charge in [-0.15, -0.1) is 11.3 Å². The summed E-state index contributed by atoms with van der Waals surface area (Å²) in [6.45, 7) is 3.97. The van der Waals surface area contributed by atoms with E-state index in [9.17, 15) is 5.11 Å². The second-order valence-corrected chi connectivity index (χ2v) is 4.62. The van der Waals surface area contributed by atoms with Gasteiger partial charge in [0.1, 0.15) is 0 Å². The van der Waals surface area contributed by atoms with Crippen molar-refractivity contribution in [3.05, 3.63) is 28.8 Å². The SMILES string of the molecule is CCC(O)c1ccc2sc(C)nc2c1. The number of aliphatic hydroxyl groups excluding tert-OH is 1. The van der Waals surface area contributed by atoms with Crippen LogP contribution in [0.5, 0.6) is 0 Å². The van der Waals surface area contributed by atoms with Gasteiger partial charge in [-0.1, -0.05) is 13.0 Å². The van der Waals surface area contributed by atoms with E-state index in [1.54, 1.807) is 11.3 Å². The average molecular weight is 207 g/mol. The van der Waals surface area contributed by atoms with Gasteiger partial charge < -0.3 is 5.11 Å². The third-order valence-electron chi connectivity index (χ3n) is 2.29. The van der Waals surface area contributed by atoms with Gasteiger partial charge in [-0.2, -0.15) is 0 Å². The van der Waals surface area contributed by atoms with Crippen LogP contribution in [-0.2, 0) is 0 Å². The van der Waals surface area contributed by atoms with Gasteiger partial charge in [-0.25, -0.2) is 4.98 Å². The third kappa shape index (κ3) is 1.65. The first-order valence-electron chi connectivity index (χ1n) is 4.76. The topological polar surface area (TPSA) is 33.1 Å². The fraction of sp³-hybridized carbons (Fsp3) is 0.364. The molecule has 1 aromatic heterocycles. The van der Waals surface area contributed by atoms with Crippen molar-refractivity contribution in [2.75, 3.05) is 0 Å². The van der Waals surface area contributed by atoms with E-state index in [4.69, 9.17) is 0 Å². The number of hydrogen-bond donors (Lipinski definition) is 1. The van der Waals surface area contributed by atoms with E-state index in [1.165, 1.54) is 4.70 Å². The molecule has 0 aliphatic carbocycles. The number of nitrogens with zero attached hydrogens (tertiary/aromatic N) is 1. The van der Waals surface area contributed by atoms with Crippen LogP contribution in [0.15, 0.2) is 18.2 Å². The number of thiazole rings is 1. The molecule has 0 aliphatic rings. The summed E-state index contributed by atoms with van der Waals surface area (Å²) in [6, 6.07) is 6.00. The highest BCUT2D eigenvalue weighted by atomic mass is 32.1. The molecule has 0 bridgehead atoms. The Bertz CT molecular complexity index is 449. The number of aryl methyl sites for hydroxylation is 1. The summed E-state index contributed by atoms with van der Waals surface area (Å²) >= 11 is 1.69. The van der Waals surface area contributed by atoms with Gasteiger partial charge in [-0.05, 0) is 31.0 Å². The lowest BCUT2D eigenvalue weighted by Gasteiger charge is -2.06. The highest BCUT2D eigenvalue weighted by molar-refractivity contribution is 7.18. The van der Waals surface area contributed by atoms with E-state index in [2.05, 4.69) is 4.98 Å². The van der Waals surface area contributed by atoms with Crippen molar-refractivity contribution < 1.29 is 5.11 Å². The minimum atomic E-state index is -0.360. The fourth-order valence-electron chi connectivity index (χ4n) is 1.50. The smallest absolute Gasteiger partial charge is 0.0907 e. The monoisotopic (exact) mass is 207 g/mol. The highest BCUT2D eigenvalue weighted by Crippen LogP contribution is 2.25. The van der Waals surface area contributed by atoms with Gasteiger partial charge in [-0.3, -0.25) is 0 Å². The summed E-state index contributed by atoms with van der Waals surface area (Å²) in [4.78, 5) is 4.40. The lowest BCUT2D eigenvalue weighted by molar-refractivity contribution is 0.174. The molecule has 1 atom stereocenters. The largest absolute Gasteiger partial charge is 0.388 e. The standard InChI is InChI=1S/C11H13NOS/c1-3-10(13)8-4-5-11-9(6-8)12-7(2)14-11/h4-6,10,13H,3H2,1-2H3. The first-order chi connectivity index (χ1) is 6.70. The lowest BCUT2D eigenvalue weighted by atomic mass is 10.1. The van der Waals surface area contributed by atoms with Crippen molar-refractivity contribution in [2.45, 2.75) is 26.4 Å². The summed E-state index contributed by atoms with van der Waals surface area (Å²) in [7, 11) is 0. The zero-order chi connectivity index (χ0) is 10.1. The number of benzene rings is 1. The Kier molecular flexibility index (Phi) is 2.52. The summed E-state index contributed by atoms with van der Waals surface area (Å²) in [5.74, 6) is 0. The first-order valence-corrected chi connectivity index (χ1v) is 5.57. The molecule has 1 unspecified atom stereocenters. The molecule has 2 nitrogen and oxygen atoms in total. The molecule has 0 fully saturated rings. The van der Waals surface area contributed by atoms with Gasteiger partial charge in [0.2, 0.25) is 0 Å². The number of hydrogen-bond acceptors (Lipinski definition) is 3. The van der Waals surface area contributed by atoms with Crippen LogP contribution in [0.4, 0.5) is 0 Å². The molecular formula is C11H13NOS. The number of aliphatic hydroxyl groups is 1. The molecule has 74 valence electrons. The van der Waals surface area contributed by atoms with E-state index < -0.39 is 0 Å². The van der Waals surface area contributed by atoms with Crippen molar-refractivity contribution >= 4 is 21.6 Å². The van der Waals surface area contributed by atoms with Crippen molar-refractivity contribution in [3.8, 4) is 0 Å². The second-order valence-electron chi connectivity index (χ2n) is 3.38. The predicted octanol–water partition coefficient (Wildman–Crippen LogP) is 3.05. The van der Waals surface area contributed by atoms with E-state index in [-0.39, 0.29) is 6.10 Å². The van der Waals surface area contributed by atoms with Crippen LogP contribution in [0, 0.1) is 6.92 Å². The minimum absolute atomic E-state index is 0.360. The minimum Gasteiger partial charge on any atom is -0.388 e. The molecule has 0 radical (unpaired) electrons. The van der Waals surface area contributed by atoms with E-state index >= 15 is 0 Å². The Morgan fingerprint density at radius 3 is 3.00 bits per heavy atom. The molecule has 2 rings (SSSR count). The second kappa shape index (κ2) is 3.67. The molecule has 0 saturated heterocycles. The van der Waals surface area contributed by atoms with Crippen molar-refractivity contribution in [2.24, 2.45) is 0 Å². The molecule has 0 spiro atoms.